The third-order valence-corrected chi connectivity index (χ3v) is 3.42. The van der Waals surface area contributed by atoms with Gasteiger partial charge in [-0.05, 0) is 31.2 Å². The van der Waals surface area contributed by atoms with Gasteiger partial charge in [-0.3, -0.25) is 4.79 Å². The SMILES string of the molecule is CCOC(=O)[C@@H](C#N)C(=N)c1cc2cc(Br)ccc2oc1=O. The van der Waals surface area contributed by atoms with E-state index in [0.717, 1.165) is 4.47 Å². The first-order chi connectivity index (χ1) is 10.5. The molecule has 0 aliphatic carbocycles. The quantitative estimate of drug-likeness (QED) is 0.511. The van der Waals surface area contributed by atoms with Crippen molar-refractivity contribution in [2.45, 2.75) is 6.92 Å². The number of benzene rings is 1. The normalized spacial score (nSPS) is 11.7. The molecule has 0 aliphatic rings. The van der Waals surface area contributed by atoms with Crippen molar-refractivity contribution in [3.05, 3.63) is 44.7 Å². The molecule has 7 heteroatoms. The molecule has 6 nitrogen and oxygen atoms in total. The summed E-state index contributed by atoms with van der Waals surface area (Å²) in [6.07, 6.45) is 0. The van der Waals surface area contributed by atoms with Crippen LogP contribution in [0.4, 0.5) is 0 Å². The molecule has 0 unspecified atom stereocenters. The maximum atomic E-state index is 12.0. The van der Waals surface area contributed by atoms with Gasteiger partial charge in [0, 0.05) is 9.86 Å². The molecule has 0 amide bonds. The van der Waals surface area contributed by atoms with Gasteiger partial charge in [0.05, 0.1) is 24.0 Å². The largest absolute Gasteiger partial charge is 0.465 e. The molecule has 1 aromatic carbocycles. The molecule has 0 saturated heterocycles. The standard InChI is InChI=1S/C15H11BrN2O4/c1-2-21-14(19)11(7-17)13(18)10-6-8-5-9(16)3-4-12(8)22-15(10)20/h3-6,11,18H,2H2,1H3/t11-/m0/s1. The molecule has 0 bridgehead atoms. The van der Waals surface area contributed by atoms with Crippen LogP contribution in [0.5, 0.6) is 0 Å². The van der Waals surface area contributed by atoms with Crippen molar-refractivity contribution in [1.29, 1.82) is 10.7 Å². The summed E-state index contributed by atoms with van der Waals surface area (Å²) in [7, 11) is 0. The maximum Gasteiger partial charge on any atom is 0.345 e. The smallest absolute Gasteiger partial charge is 0.345 e. The second-order valence-electron chi connectivity index (χ2n) is 4.36. The van der Waals surface area contributed by atoms with E-state index in [2.05, 4.69) is 15.9 Å². The van der Waals surface area contributed by atoms with Gasteiger partial charge in [-0.25, -0.2) is 4.79 Å². The lowest BCUT2D eigenvalue weighted by Crippen LogP contribution is -2.28. The highest BCUT2D eigenvalue weighted by molar-refractivity contribution is 9.10. The number of carbonyl (C=O) groups is 1. The second kappa shape index (κ2) is 6.54. The number of nitrogens with zero attached hydrogens (tertiary/aromatic N) is 1. The first-order valence-corrected chi connectivity index (χ1v) is 7.15. The van der Waals surface area contributed by atoms with E-state index in [9.17, 15) is 9.59 Å². The van der Waals surface area contributed by atoms with Crippen LogP contribution in [0.1, 0.15) is 12.5 Å². The van der Waals surface area contributed by atoms with Crippen molar-refractivity contribution in [3.63, 3.8) is 0 Å². The Balaban J connectivity index is 2.51. The molecule has 0 saturated carbocycles. The van der Waals surface area contributed by atoms with Crippen molar-refractivity contribution in [1.82, 2.24) is 0 Å². The fourth-order valence-corrected chi connectivity index (χ4v) is 2.28. The average molecular weight is 363 g/mol. The van der Waals surface area contributed by atoms with Crippen LogP contribution in [-0.2, 0) is 9.53 Å². The van der Waals surface area contributed by atoms with Gasteiger partial charge < -0.3 is 14.6 Å². The van der Waals surface area contributed by atoms with Crippen molar-refractivity contribution >= 4 is 38.6 Å². The summed E-state index contributed by atoms with van der Waals surface area (Å²) in [6, 6.07) is 8.15. The summed E-state index contributed by atoms with van der Waals surface area (Å²) in [5, 5.41) is 17.6. The minimum Gasteiger partial charge on any atom is -0.465 e. The monoisotopic (exact) mass is 362 g/mol. The maximum absolute atomic E-state index is 12.0. The zero-order valence-electron chi connectivity index (χ0n) is 11.6. The van der Waals surface area contributed by atoms with Crippen LogP contribution in [0.3, 0.4) is 0 Å². The van der Waals surface area contributed by atoms with Crippen molar-refractivity contribution < 1.29 is 13.9 Å². The van der Waals surface area contributed by atoms with Crippen LogP contribution >= 0.6 is 15.9 Å². The molecular formula is C15H11BrN2O4. The Kier molecular flexibility index (Phi) is 4.73. The molecule has 22 heavy (non-hydrogen) atoms. The number of carbonyl (C=O) groups excluding carboxylic acids is 1. The first-order valence-electron chi connectivity index (χ1n) is 6.36. The second-order valence-corrected chi connectivity index (χ2v) is 5.27. The fourth-order valence-electron chi connectivity index (χ4n) is 1.90. The zero-order valence-corrected chi connectivity index (χ0v) is 13.1. The fraction of sp³-hybridized carbons (Fsp3) is 0.200. The number of rotatable bonds is 4. The van der Waals surface area contributed by atoms with Gasteiger partial charge in [-0.15, -0.1) is 0 Å². The molecule has 0 aliphatic heterocycles. The minimum atomic E-state index is -1.47. The molecule has 2 aromatic rings. The van der Waals surface area contributed by atoms with Gasteiger partial charge >= 0.3 is 11.6 Å². The predicted molar refractivity (Wildman–Crippen MR) is 82.7 cm³/mol. The third-order valence-electron chi connectivity index (χ3n) is 2.92. The summed E-state index contributed by atoms with van der Waals surface area (Å²) in [5.41, 5.74) is -0.986. The molecular weight excluding hydrogens is 352 g/mol. The lowest BCUT2D eigenvalue weighted by molar-refractivity contribution is -0.143. The molecule has 0 radical (unpaired) electrons. The number of esters is 1. The highest BCUT2D eigenvalue weighted by Crippen LogP contribution is 2.20. The molecule has 0 fully saturated rings. The topological polar surface area (TPSA) is 104 Å². The van der Waals surface area contributed by atoms with E-state index in [0.29, 0.717) is 11.0 Å². The van der Waals surface area contributed by atoms with E-state index < -0.39 is 23.2 Å². The zero-order chi connectivity index (χ0) is 16.3. The average Bonchev–Trinajstić information content (AvgIpc) is 2.48. The lowest BCUT2D eigenvalue weighted by Gasteiger charge is -2.09. The predicted octanol–water partition coefficient (Wildman–Crippen LogP) is 2.63. The Bertz CT molecular complexity index is 851. The Labute approximate surface area is 133 Å². The van der Waals surface area contributed by atoms with E-state index >= 15 is 0 Å². The highest BCUT2D eigenvalue weighted by Gasteiger charge is 2.28. The molecule has 2 rings (SSSR count). The number of hydrogen-bond acceptors (Lipinski definition) is 6. The van der Waals surface area contributed by atoms with Gasteiger partial charge in [0.2, 0.25) is 0 Å². The van der Waals surface area contributed by atoms with Crippen LogP contribution in [0.2, 0.25) is 0 Å². The number of ether oxygens (including phenoxy) is 1. The summed E-state index contributed by atoms with van der Waals surface area (Å²) in [6.45, 7) is 1.68. The van der Waals surface area contributed by atoms with Gasteiger partial charge in [0.15, 0.2) is 5.92 Å². The Morgan fingerprint density at radius 3 is 2.86 bits per heavy atom. The Morgan fingerprint density at radius 1 is 1.50 bits per heavy atom. The van der Waals surface area contributed by atoms with Crippen LogP contribution in [0.15, 0.2) is 37.9 Å². The number of halogens is 1. The summed E-state index contributed by atoms with van der Waals surface area (Å²) in [5.74, 6) is -2.32. The lowest BCUT2D eigenvalue weighted by atomic mass is 9.98. The first kappa shape index (κ1) is 15.9. The van der Waals surface area contributed by atoms with Crippen molar-refractivity contribution in [2.75, 3.05) is 6.61 Å². The van der Waals surface area contributed by atoms with Crippen LogP contribution in [0, 0.1) is 22.7 Å². The van der Waals surface area contributed by atoms with Crippen LogP contribution in [0.25, 0.3) is 11.0 Å². The van der Waals surface area contributed by atoms with E-state index in [-0.39, 0.29) is 12.2 Å². The van der Waals surface area contributed by atoms with E-state index in [1.54, 1.807) is 31.2 Å². The summed E-state index contributed by atoms with van der Waals surface area (Å²) >= 11 is 3.30. The molecule has 1 N–H and O–H groups in total. The summed E-state index contributed by atoms with van der Waals surface area (Å²) in [4.78, 5) is 23.7. The molecule has 1 aromatic heterocycles. The summed E-state index contributed by atoms with van der Waals surface area (Å²) < 4.78 is 10.6. The number of nitriles is 1. The van der Waals surface area contributed by atoms with Gasteiger partial charge in [0.25, 0.3) is 0 Å². The molecule has 112 valence electrons. The van der Waals surface area contributed by atoms with E-state index in [1.807, 2.05) is 0 Å². The van der Waals surface area contributed by atoms with E-state index in [4.69, 9.17) is 19.8 Å². The van der Waals surface area contributed by atoms with E-state index in [1.165, 1.54) is 6.07 Å². The highest BCUT2D eigenvalue weighted by atomic mass is 79.9. The van der Waals surface area contributed by atoms with Crippen molar-refractivity contribution in [2.24, 2.45) is 5.92 Å². The Hall–Kier alpha value is -2.46. The molecule has 1 atom stereocenters. The van der Waals surface area contributed by atoms with Crippen molar-refractivity contribution in [3.8, 4) is 6.07 Å². The number of hydrogen-bond donors (Lipinski definition) is 1. The van der Waals surface area contributed by atoms with Gasteiger partial charge in [-0.2, -0.15) is 5.26 Å². The van der Waals surface area contributed by atoms with Gasteiger partial charge in [-0.1, -0.05) is 15.9 Å². The Morgan fingerprint density at radius 2 is 2.23 bits per heavy atom. The minimum absolute atomic E-state index is 0.0869. The molecule has 1 heterocycles. The molecule has 0 spiro atoms. The number of fused-ring (bicyclic) bond motifs is 1. The van der Waals surface area contributed by atoms with Crippen LogP contribution < -0.4 is 5.63 Å². The van der Waals surface area contributed by atoms with Crippen LogP contribution in [-0.4, -0.2) is 18.3 Å². The number of nitrogens with one attached hydrogen (secondary N) is 1. The van der Waals surface area contributed by atoms with Gasteiger partial charge in [0.1, 0.15) is 5.58 Å². The third kappa shape index (κ3) is 3.07.